The van der Waals surface area contributed by atoms with E-state index in [2.05, 4.69) is 46.3 Å². The number of rotatable bonds is 5. The third-order valence-electron chi connectivity index (χ3n) is 3.98. The van der Waals surface area contributed by atoms with Gasteiger partial charge in [-0.1, -0.05) is 71.1 Å². The van der Waals surface area contributed by atoms with Crippen molar-refractivity contribution in [3.05, 3.63) is 41.0 Å². The van der Waals surface area contributed by atoms with E-state index in [4.69, 9.17) is 4.74 Å². The molecule has 1 aliphatic carbocycles. The third kappa shape index (κ3) is 4.19. The van der Waals surface area contributed by atoms with Gasteiger partial charge in [-0.05, 0) is 29.9 Å². The molecule has 1 saturated carbocycles. The van der Waals surface area contributed by atoms with Crippen LogP contribution in [0.4, 0.5) is 0 Å². The minimum absolute atomic E-state index is 0.687. The van der Waals surface area contributed by atoms with Gasteiger partial charge in [0.1, 0.15) is 0 Å². The van der Waals surface area contributed by atoms with Crippen molar-refractivity contribution in [1.29, 1.82) is 0 Å². The molecule has 0 heterocycles. The number of hydrogen-bond donors (Lipinski definition) is 0. The van der Waals surface area contributed by atoms with E-state index in [9.17, 15) is 0 Å². The summed E-state index contributed by atoms with van der Waals surface area (Å²) in [5, 5.41) is 0.985. The highest BCUT2D eigenvalue weighted by Crippen LogP contribution is 2.32. The second kappa shape index (κ2) is 7.86. The average molecular weight is 323 g/mol. The molecule has 104 valence electrons. The summed E-state index contributed by atoms with van der Waals surface area (Å²) < 4.78 is 5.29. The SMILES string of the molecule is COCc1ccccc1C=C(CBr)C1CCCCC1. The standard InChI is InChI=1S/C17H23BrO/c1-19-13-16-10-6-5-9-15(16)11-17(12-18)14-7-3-2-4-8-14/h5-6,9-11,14H,2-4,7-8,12-13H2,1H3. The molecule has 2 rings (SSSR count). The van der Waals surface area contributed by atoms with E-state index in [1.807, 2.05) is 0 Å². The fourth-order valence-corrected chi connectivity index (χ4v) is 3.52. The topological polar surface area (TPSA) is 9.23 Å². The van der Waals surface area contributed by atoms with Crippen LogP contribution in [0.1, 0.15) is 43.2 Å². The summed E-state index contributed by atoms with van der Waals surface area (Å²) >= 11 is 3.67. The molecule has 1 aromatic carbocycles. The lowest BCUT2D eigenvalue weighted by molar-refractivity contribution is 0.184. The van der Waals surface area contributed by atoms with Crippen molar-refractivity contribution in [3.63, 3.8) is 0 Å². The van der Waals surface area contributed by atoms with Crippen LogP contribution >= 0.6 is 15.9 Å². The molecule has 1 fully saturated rings. The first-order chi connectivity index (χ1) is 9.35. The molecule has 0 aromatic heterocycles. The number of methoxy groups -OCH3 is 1. The van der Waals surface area contributed by atoms with E-state index in [0.29, 0.717) is 6.61 Å². The molecule has 0 N–H and O–H groups in total. The Kier molecular flexibility index (Phi) is 6.12. The molecule has 0 radical (unpaired) electrons. The smallest absolute Gasteiger partial charge is 0.0718 e. The van der Waals surface area contributed by atoms with Gasteiger partial charge in [0.05, 0.1) is 6.61 Å². The molecule has 0 saturated heterocycles. The number of alkyl halides is 1. The molecule has 0 unspecified atom stereocenters. The van der Waals surface area contributed by atoms with Gasteiger partial charge in [-0.2, -0.15) is 0 Å². The summed E-state index contributed by atoms with van der Waals surface area (Å²) in [5.74, 6) is 0.767. The zero-order chi connectivity index (χ0) is 13.5. The van der Waals surface area contributed by atoms with Gasteiger partial charge in [-0.3, -0.25) is 0 Å². The maximum absolute atomic E-state index is 5.29. The lowest BCUT2D eigenvalue weighted by atomic mass is 9.83. The van der Waals surface area contributed by atoms with E-state index in [-0.39, 0.29) is 0 Å². The van der Waals surface area contributed by atoms with Gasteiger partial charge in [-0.15, -0.1) is 0 Å². The first-order valence-electron chi connectivity index (χ1n) is 7.18. The maximum atomic E-state index is 5.29. The summed E-state index contributed by atoms with van der Waals surface area (Å²) in [6.45, 7) is 0.687. The molecule has 0 aliphatic heterocycles. The largest absolute Gasteiger partial charge is 0.380 e. The number of ether oxygens (including phenoxy) is 1. The van der Waals surface area contributed by atoms with Crippen LogP contribution in [0.5, 0.6) is 0 Å². The van der Waals surface area contributed by atoms with Crippen molar-refractivity contribution in [2.75, 3.05) is 12.4 Å². The van der Waals surface area contributed by atoms with Gasteiger partial charge in [0.25, 0.3) is 0 Å². The number of hydrogen-bond acceptors (Lipinski definition) is 1. The lowest BCUT2D eigenvalue weighted by Crippen LogP contribution is -2.10. The molecular formula is C17H23BrO. The maximum Gasteiger partial charge on any atom is 0.0718 e. The second-order valence-corrected chi connectivity index (χ2v) is 5.88. The van der Waals surface area contributed by atoms with Gasteiger partial charge >= 0.3 is 0 Å². The molecule has 1 aliphatic rings. The normalized spacial score (nSPS) is 17.7. The summed E-state index contributed by atoms with van der Waals surface area (Å²) in [5.41, 5.74) is 4.13. The highest BCUT2D eigenvalue weighted by atomic mass is 79.9. The quantitative estimate of drug-likeness (QED) is 0.678. The van der Waals surface area contributed by atoms with Crippen LogP contribution in [0.15, 0.2) is 29.8 Å². The van der Waals surface area contributed by atoms with Crippen LogP contribution in [-0.2, 0) is 11.3 Å². The summed E-state index contributed by atoms with van der Waals surface area (Å²) in [6.07, 6.45) is 9.25. The Balaban J connectivity index is 2.21. The van der Waals surface area contributed by atoms with E-state index in [1.165, 1.54) is 43.2 Å². The minimum atomic E-state index is 0.687. The molecule has 0 spiro atoms. The predicted molar refractivity (Wildman–Crippen MR) is 85.5 cm³/mol. The molecule has 2 heteroatoms. The van der Waals surface area contributed by atoms with Gasteiger partial charge < -0.3 is 4.74 Å². The van der Waals surface area contributed by atoms with Crippen molar-refractivity contribution in [3.8, 4) is 0 Å². The number of benzene rings is 1. The Morgan fingerprint density at radius 3 is 2.68 bits per heavy atom. The van der Waals surface area contributed by atoms with Crippen LogP contribution < -0.4 is 0 Å². The van der Waals surface area contributed by atoms with E-state index < -0.39 is 0 Å². The van der Waals surface area contributed by atoms with E-state index in [1.54, 1.807) is 12.7 Å². The average Bonchev–Trinajstić information content (AvgIpc) is 2.47. The molecular weight excluding hydrogens is 300 g/mol. The molecule has 1 aromatic rings. The molecule has 0 amide bonds. The number of halogens is 1. The van der Waals surface area contributed by atoms with Gasteiger partial charge in [-0.25, -0.2) is 0 Å². The lowest BCUT2D eigenvalue weighted by Gasteiger charge is -2.24. The zero-order valence-electron chi connectivity index (χ0n) is 11.7. The molecule has 1 nitrogen and oxygen atoms in total. The monoisotopic (exact) mass is 322 g/mol. The van der Waals surface area contributed by atoms with E-state index >= 15 is 0 Å². The van der Waals surface area contributed by atoms with Crippen molar-refractivity contribution >= 4 is 22.0 Å². The van der Waals surface area contributed by atoms with E-state index in [0.717, 1.165) is 11.2 Å². The Bertz CT molecular complexity index is 419. The zero-order valence-corrected chi connectivity index (χ0v) is 13.3. The fraction of sp³-hybridized carbons (Fsp3) is 0.529. The summed E-state index contributed by atoms with van der Waals surface area (Å²) in [4.78, 5) is 0. The summed E-state index contributed by atoms with van der Waals surface area (Å²) in [6, 6.07) is 8.54. The van der Waals surface area contributed by atoms with Gasteiger partial charge in [0.2, 0.25) is 0 Å². The molecule has 19 heavy (non-hydrogen) atoms. The van der Waals surface area contributed by atoms with Crippen molar-refractivity contribution < 1.29 is 4.74 Å². The Labute approximate surface area is 125 Å². The van der Waals surface area contributed by atoms with Crippen molar-refractivity contribution in [2.45, 2.75) is 38.7 Å². The summed E-state index contributed by atoms with van der Waals surface area (Å²) in [7, 11) is 1.76. The van der Waals surface area contributed by atoms with Crippen LogP contribution in [0.3, 0.4) is 0 Å². The first kappa shape index (κ1) is 14.8. The van der Waals surface area contributed by atoms with Crippen LogP contribution in [-0.4, -0.2) is 12.4 Å². The van der Waals surface area contributed by atoms with Crippen LogP contribution in [0, 0.1) is 5.92 Å². The van der Waals surface area contributed by atoms with Crippen LogP contribution in [0.2, 0.25) is 0 Å². The van der Waals surface area contributed by atoms with Gasteiger partial charge in [0.15, 0.2) is 0 Å². The Morgan fingerprint density at radius 2 is 2.00 bits per heavy atom. The number of allylic oxidation sites excluding steroid dienone is 1. The minimum Gasteiger partial charge on any atom is -0.380 e. The first-order valence-corrected chi connectivity index (χ1v) is 8.30. The predicted octanol–water partition coefficient (Wildman–Crippen LogP) is 5.19. The fourth-order valence-electron chi connectivity index (χ4n) is 2.90. The molecule has 0 atom stereocenters. The highest BCUT2D eigenvalue weighted by molar-refractivity contribution is 9.09. The second-order valence-electron chi connectivity index (χ2n) is 5.32. The highest BCUT2D eigenvalue weighted by Gasteiger charge is 2.17. The third-order valence-corrected chi connectivity index (χ3v) is 4.63. The Hall–Kier alpha value is -0.600. The van der Waals surface area contributed by atoms with Crippen molar-refractivity contribution in [2.24, 2.45) is 5.92 Å². The van der Waals surface area contributed by atoms with Crippen molar-refractivity contribution in [1.82, 2.24) is 0 Å². The van der Waals surface area contributed by atoms with Gasteiger partial charge in [0, 0.05) is 12.4 Å². The van der Waals surface area contributed by atoms with Crippen LogP contribution in [0.25, 0.3) is 6.08 Å². The Morgan fingerprint density at radius 1 is 1.26 bits per heavy atom. The molecule has 0 bridgehead atoms.